The van der Waals surface area contributed by atoms with E-state index in [9.17, 15) is 0 Å². The lowest BCUT2D eigenvalue weighted by atomic mass is 10.3. The van der Waals surface area contributed by atoms with E-state index in [1.807, 2.05) is 26.4 Å². The Bertz CT molecular complexity index is 260. The Balaban J connectivity index is 2.67. The number of aryl methyl sites for hydroxylation is 1. The Hall–Kier alpha value is -0.870. The van der Waals surface area contributed by atoms with Crippen LogP contribution in [0.5, 0.6) is 0 Å². The Kier molecular flexibility index (Phi) is 4.62. The zero-order chi connectivity index (χ0) is 10.4. The Morgan fingerprint density at radius 2 is 2.36 bits per heavy atom. The summed E-state index contributed by atoms with van der Waals surface area (Å²) in [5.41, 5.74) is 0. The fourth-order valence-electron chi connectivity index (χ4n) is 1.42. The smallest absolute Gasteiger partial charge is 0.128 e. The monoisotopic (exact) mass is 197 g/mol. The average Bonchev–Trinajstić information content (AvgIpc) is 2.67. The van der Waals surface area contributed by atoms with Gasteiger partial charge in [-0.3, -0.25) is 0 Å². The van der Waals surface area contributed by atoms with E-state index < -0.39 is 0 Å². The normalized spacial score (nSPS) is 13.1. The largest absolute Gasteiger partial charge is 0.380 e. The van der Waals surface area contributed by atoms with Gasteiger partial charge in [-0.15, -0.1) is 0 Å². The van der Waals surface area contributed by atoms with Crippen LogP contribution in [0.2, 0.25) is 0 Å². The van der Waals surface area contributed by atoms with Crippen molar-refractivity contribution in [2.24, 2.45) is 0 Å². The van der Waals surface area contributed by atoms with Crippen molar-refractivity contribution in [3.05, 3.63) is 18.2 Å². The van der Waals surface area contributed by atoms with Crippen molar-refractivity contribution in [3.63, 3.8) is 0 Å². The molecule has 0 radical (unpaired) electrons. The molecule has 0 saturated heterocycles. The quantitative estimate of drug-likeness (QED) is 0.744. The molecule has 1 rings (SSSR count). The number of hydrogen-bond donors (Lipinski definition) is 1. The summed E-state index contributed by atoms with van der Waals surface area (Å²) in [5.74, 6) is 1.04. The molecule has 1 heterocycles. The van der Waals surface area contributed by atoms with Crippen molar-refractivity contribution in [2.75, 3.05) is 20.3 Å². The van der Waals surface area contributed by atoms with Crippen molar-refractivity contribution >= 4 is 0 Å². The van der Waals surface area contributed by atoms with Crippen LogP contribution in [0.1, 0.15) is 25.7 Å². The van der Waals surface area contributed by atoms with Gasteiger partial charge in [0.1, 0.15) is 5.82 Å². The summed E-state index contributed by atoms with van der Waals surface area (Å²) < 4.78 is 7.52. The van der Waals surface area contributed by atoms with Crippen molar-refractivity contribution in [1.82, 2.24) is 14.9 Å². The second-order valence-electron chi connectivity index (χ2n) is 3.07. The molecule has 0 bridgehead atoms. The van der Waals surface area contributed by atoms with E-state index in [0.717, 1.165) is 19.0 Å². The van der Waals surface area contributed by atoms with Crippen LogP contribution in [0.4, 0.5) is 0 Å². The van der Waals surface area contributed by atoms with Gasteiger partial charge in [0.15, 0.2) is 0 Å². The van der Waals surface area contributed by atoms with Gasteiger partial charge >= 0.3 is 0 Å². The van der Waals surface area contributed by atoms with Crippen LogP contribution in [0.25, 0.3) is 0 Å². The molecule has 0 spiro atoms. The fraction of sp³-hybridized carbons (Fsp3) is 0.700. The van der Waals surface area contributed by atoms with Crippen LogP contribution in [0.3, 0.4) is 0 Å². The first-order valence-electron chi connectivity index (χ1n) is 5.09. The van der Waals surface area contributed by atoms with Crippen LogP contribution in [0, 0.1) is 0 Å². The highest BCUT2D eigenvalue weighted by Crippen LogP contribution is 2.10. The summed E-state index contributed by atoms with van der Waals surface area (Å²) in [4.78, 5) is 4.33. The minimum Gasteiger partial charge on any atom is -0.380 e. The second-order valence-corrected chi connectivity index (χ2v) is 3.07. The van der Waals surface area contributed by atoms with Crippen molar-refractivity contribution in [1.29, 1.82) is 0 Å². The fourth-order valence-corrected chi connectivity index (χ4v) is 1.42. The third kappa shape index (κ3) is 2.56. The lowest BCUT2D eigenvalue weighted by molar-refractivity contribution is 0.122. The molecule has 0 fully saturated rings. The molecule has 1 unspecified atom stereocenters. The lowest BCUT2D eigenvalue weighted by Gasteiger charge is -2.16. The molecule has 14 heavy (non-hydrogen) atoms. The molecule has 0 aliphatic carbocycles. The van der Waals surface area contributed by atoms with E-state index in [1.165, 1.54) is 0 Å². The third-order valence-electron chi connectivity index (χ3n) is 2.24. The highest BCUT2D eigenvalue weighted by Gasteiger charge is 2.13. The summed E-state index contributed by atoms with van der Waals surface area (Å²) >= 11 is 0. The first-order valence-corrected chi connectivity index (χ1v) is 5.09. The highest BCUT2D eigenvalue weighted by molar-refractivity contribution is 4.99. The number of aromatic nitrogens is 2. The molecular formula is C10H19N3O. The predicted molar refractivity (Wildman–Crippen MR) is 56.2 cm³/mol. The summed E-state index contributed by atoms with van der Waals surface area (Å²) in [6.07, 6.45) is 3.82. The number of likely N-dealkylation sites (N-methyl/N-ethyl adjacent to an activating group) is 1. The number of imidazole rings is 1. The van der Waals surface area contributed by atoms with Gasteiger partial charge in [0.25, 0.3) is 0 Å². The topological polar surface area (TPSA) is 39.1 Å². The number of hydrogen-bond acceptors (Lipinski definition) is 3. The maximum Gasteiger partial charge on any atom is 0.128 e. The summed E-state index contributed by atoms with van der Waals surface area (Å²) in [6, 6.07) is 0.185. The molecule has 1 aromatic rings. The zero-order valence-corrected chi connectivity index (χ0v) is 9.16. The summed E-state index contributed by atoms with van der Waals surface area (Å²) in [7, 11) is 1.93. The van der Waals surface area contributed by atoms with E-state index in [0.29, 0.717) is 6.61 Å². The first-order chi connectivity index (χ1) is 6.83. The molecule has 0 aliphatic heterocycles. The molecule has 0 saturated carbocycles. The molecule has 4 heteroatoms. The summed E-state index contributed by atoms with van der Waals surface area (Å²) in [5, 5.41) is 3.21. The molecule has 0 aromatic carbocycles. The van der Waals surface area contributed by atoms with E-state index in [2.05, 4.69) is 21.8 Å². The molecule has 0 amide bonds. The number of rotatable bonds is 6. The van der Waals surface area contributed by atoms with Gasteiger partial charge in [-0.05, 0) is 20.9 Å². The lowest BCUT2D eigenvalue weighted by Crippen LogP contribution is -2.25. The number of ether oxygens (including phenoxy) is 1. The SMILES string of the molecule is CCOCC(NC)c1nccn1CC. The molecular weight excluding hydrogens is 178 g/mol. The Labute approximate surface area is 85.3 Å². The van der Waals surface area contributed by atoms with Crippen LogP contribution >= 0.6 is 0 Å². The number of nitrogens with one attached hydrogen (secondary N) is 1. The van der Waals surface area contributed by atoms with Gasteiger partial charge < -0.3 is 14.6 Å². The van der Waals surface area contributed by atoms with Crippen molar-refractivity contribution in [3.8, 4) is 0 Å². The molecule has 1 aromatic heterocycles. The van der Waals surface area contributed by atoms with Gasteiger partial charge in [0, 0.05) is 25.5 Å². The third-order valence-corrected chi connectivity index (χ3v) is 2.24. The van der Waals surface area contributed by atoms with Crippen LogP contribution < -0.4 is 5.32 Å². The van der Waals surface area contributed by atoms with Crippen molar-refractivity contribution < 1.29 is 4.74 Å². The van der Waals surface area contributed by atoms with Crippen LogP contribution in [-0.2, 0) is 11.3 Å². The zero-order valence-electron chi connectivity index (χ0n) is 9.16. The summed E-state index contributed by atoms with van der Waals surface area (Å²) in [6.45, 7) is 6.46. The van der Waals surface area contributed by atoms with Crippen LogP contribution in [-0.4, -0.2) is 29.8 Å². The predicted octanol–water partition coefficient (Wildman–Crippen LogP) is 1.20. The van der Waals surface area contributed by atoms with Gasteiger partial charge in [-0.2, -0.15) is 0 Å². The maximum absolute atomic E-state index is 5.39. The average molecular weight is 197 g/mol. The van der Waals surface area contributed by atoms with Gasteiger partial charge in [-0.25, -0.2) is 4.98 Å². The highest BCUT2D eigenvalue weighted by atomic mass is 16.5. The van der Waals surface area contributed by atoms with Gasteiger partial charge in [0.2, 0.25) is 0 Å². The minimum atomic E-state index is 0.185. The number of nitrogens with zero attached hydrogens (tertiary/aromatic N) is 2. The second kappa shape index (κ2) is 5.78. The first kappa shape index (κ1) is 11.2. The molecule has 1 N–H and O–H groups in total. The molecule has 4 nitrogen and oxygen atoms in total. The van der Waals surface area contributed by atoms with Crippen LogP contribution in [0.15, 0.2) is 12.4 Å². The minimum absolute atomic E-state index is 0.185. The van der Waals surface area contributed by atoms with Crippen molar-refractivity contribution in [2.45, 2.75) is 26.4 Å². The van der Waals surface area contributed by atoms with E-state index in [1.54, 1.807) is 0 Å². The molecule has 80 valence electrons. The van der Waals surface area contributed by atoms with E-state index in [-0.39, 0.29) is 6.04 Å². The van der Waals surface area contributed by atoms with E-state index in [4.69, 9.17) is 4.74 Å². The van der Waals surface area contributed by atoms with E-state index >= 15 is 0 Å². The molecule has 0 aliphatic rings. The Morgan fingerprint density at radius 1 is 1.57 bits per heavy atom. The maximum atomic E-state index is 5.39. The Morgan fingerprint density at radius 3 is 2.93 bits per heavy atom. The standard InChI is InChI=1S/C10H19N3O/c1-4-13-7-6-12-10(13)9(11-3)8-14-5-2/h6-7,9,11H,4-5,8H2,1-3H3. The van der Waals surface area contributed by atoms with Gasteiger partial charge in [0.05, 0.1) is 12.6 Å². The molecule has 1 atom stereocenters. The van der Waals surface area contributed by atoms with Gasteiger partial charge in [-0.1, -0.05) is 0 Å².